The van der Waals surface area contributed by atoms with Gasteiger partial charge in [0.05, 0.1) is 13.1 Å². The van der Waals surface area contributed by atoms with Crippen LogP contribution in [-0.4, -0.2) is 70.8 Å². The average molecular weight is 445 g/mol. The number of carbonyl (C=O) groups is 2. The molecule has 1 saturated heterocycles. The van der Waals surface area contributed by atoms with Crippen LogP contribution < -0.4 is 4.90 Å². The van der Waals surface area contributed by atoms with E-state index in [2.05, 4.69) is 48.4 Å². The number of hydrogen-bond donors (Lipinski definition) is 0. The molecule has 0 radical (unpaired) electrons. The number of amides is 3. The molecule has 0 bridgehead atoms. The summed E-state index contributed by atoms with van der Waals surface area (Å²) in [5.74, 6) is 1.45. The number of guanidine groups is 1. The van der Waals surface area contributed by atoms with E-state index in [4.69, 9.17) is 4.99 Å². The number of amidine groups is 1. The zero-order valence-electron chi connectivity index (χ0n) is 19.7. The number of fused-ring (bicyclic) bond motifs is 2. The van der Waals surface area contributed by atoms with Crippen molar-refractivity contribution < 1.29 is 14.2 Å². The number of imide groups is 1. The van der Waals surface area contributed by atoms with E-state index < -0.39 is 6.04 Å². The minimum absolute atomic E-state index is 0.183. The van der Waals surface area contributed by atoms with Crippen LogP contribution in [-0.2, 0) is 11.2 Å². The Labute approximate surface area is 194 Å². The van der Waals surface area contributed by atoms with Crippen LogP contribution in [0.15, 0.2) is 53.5 Å². The van der Waals surface area contributed by atoms with Crippen LogP contribution in [0.25, 0.3) is 0 Å². The van der Waals surface area contributed by atoms with Gasteiger partial charge in [0.1, 0.15) is 5.69 Å². The summed E-state index contributed by atoms with van der Waals surface area (Å²) in [5, 5.41) is 0. The molecule has 33 heavy (non-hydrogen) atoms. The molecule has 3 aliphatic rings. The number of anilines is 1. The van der Waals surface area contributed by atoms with Gasteiger partial charge in [-0.2, -0.15) is 0 Å². The molecule has 0 aromatic heterocycles. The van der Waals surface area contributed by atoms with Gasteiger partial charge in [0.2, 0.25) is 11.9 Å². The molecule has 0 N–H and O–H groups in total. The van der Waals surface area contributed by atoms with E-state index in [1.165, 1.54) is 16.0 Å². The van der Waals surface area contributed by atoms with Gasteiger partial charge in [0, 0.05) is 19.5 Å². The lowest BCUT2D eigenvalue weighted by Gasteiger charge is -2.35. The van der Waals surface area contributed by atoms with Crippen molar-refractivity contribution in [2.45, 2.75) is 33.2 Å². The third-order valence-electron chi connectivity index (χ3n) is 6.62. The minimum atomic E-state index is -0.561. The van der Waals surface area contributed by atoms with Crippen molar-refractivity contribution in [3.05, 3.63) is 65.2 Å². The van der Waals surface area contributed by atoms with Crippen molar-refractivity contribution in [2.75, 3.05) is 31.6 Å². The Morgan fingerprint density at radius 2 is 1.76 bits per heavy atom. The molecule has 7 nitrogen and oxygen atoms in total. The fourth-order valence-corrected chi connectivity index (χ4v) is 5.11. The second-order valence-corrected chi connectivity index (χ2v) is 9.45. The van der Waals surface area contributed by atoms with Crippen LogP contribution in [0.1, 0.15) is 23.6 Å². The van der Waals surface area contributed by atoms with Crippen molar-refractivity contribution in [1.29, 1.82) is 0 Å². The average Bonchev–Trinajstić information content (AvgIpc) is 3.16. The maximum absolute atomic E-state index is 13.6. The minimum Gasteiger partial charge on any atom is -0.270 e. The van der Waals surface area contributed by atoms with E-state index >= 15 is 0 Å². The van der Waals surface area contributed by atoms with Gasteiger partial charge in [0.25, 0.3) is 5.91 Å². The van der Waals surface area contributed by atoms with E-state index in [1.54, 1.807) is 11.9 Å². The summed E-state index contributed by atoms with van der Waals surface area (Å²) in [6, 6.07) is 15.5. The molecule has 1 fully saturated rings. The van der Waals surface area contributed by atoms with Gasteiger partial charge in [-0.25, -0.2) is 14.3 Å². The first-order chi connectivity index (χ1) is 15.8. The van der Waals surface area contributed by atoms with Gasteiger partial charge in [-0.05, 0) is 49.1 Å². The molecular formula is C26H30N5O2+. The van der Waals surface area contributed by atoms with Crippen LogP contribution in [0.4, 0.5) is 10.5 Å². The zero-order chi connectivity index (χ0) is 23.3. The fraction of sp³-hybridized carbons (Fsp3) is 0.385. The molecule has 170 valence electrons. The number of aliphatic imine (C=N–C) groups is 1. The van der Waals surface area contributed by atoms with Crippen LogP contribution in [0.3, 0.4) is 0 Å². The molecule has 2 unspecified atom stereocenters. The summed E-state index contributed by atoms with van der Waals surface area (Å²) in [4.78, 5) is 36.7. The summed E-state index contributed by atoms with van der Waals surface area (Å²) >= 11 is 0. The summed E-state index contributed by atoms with van der Waals surface area (Å²) in [5.41, 5.74) is 4.55. The quantitative estimate of drug-likeness (QED) is 0.681. The molecule has 3 heterocycles. The predicted molar refractivity (Wildman–Crippen MR) is 129 cm³/mol. The van der Waals surface area contributed by atoms with Crippen LogP contribution in [0.5, 0.6) is 0 Å². The lowest BCUT2D eigenvalue weighted by atomic mass is 10.0. The van der Waals surface area contributed by atoms with Gasteiger partial charge >= 0.3 is 12.0 Å². The fourth-order valence-electron chi connectivity index (χ4n) is 5.11. The maximum Gasteiger partial charge on any atom is 0.397 e. The highest BCUT2D eigenvalue weighted by Crippen LogP contribution is 2.29. The number of benzene rings is 2. The molecule has 2 aromatic rings. The third kappa shape index (κ3) is 3.71. The Kier molecular flexibility index (Phi) is 5.27. The molecule has 5 rings (SSSR count). The van der Waals surface area contributed by atoms with E-state index in [9.17, 15) is 9.59 Å². The zero-order valence-corrected chi connectivity index (χ0v) is 19.7. The summed E-state index contributed by atoms with van der Waals surface area (Å²) < 4.78 is 2.09. The number of hydrogen-bond acceptors (Lipinski definition) is 4. The molecule has 0 saturated carbocycles. The van der Waals surface area contributed by atoms with Crippen molar-refractivity contribution in [1.82, 2.24) is 9.80 Å². The number of likely N-dealkylation sites (N-methyl/N-ethyl adjacent to an activating group) is 1. The van der Waals surface area contributed by atoms with Crippen LogP contribution in [0.2, 0.25) is 0 Å². The SMILES string of the molecule is Cc1cc(C)cc(N2CC(C)C[N+]3=C2N=C2C3C(=O)N(CCc3ccccc3)C(=O)N2C)c1. The second kappa shape index (κ2) is 8.14. The van der Waals surface area contributed by atoms with Crippen molar-refractivity contribution in [3.8, 4) is 0 Å². The normalized spacial score (nSPS) is 22.5. The summed E-state index contributed by atoms with van der Waals surface area (Å²) in [7, 11) is 1.72. The number of nitrogens with zero attached hydrogens (tertiary/aromatic N) is 5. The van der Waals surface area contributed by atoms with E-state index in [-0.39, 0.29) is 11.9 Å². The number of aryl methyl sites for hydroxylation is 2. The monoisotopic (exact) mass is 444 g/mol. The standard InChI is InChI=1S/C26H30N5O2/c1-17-12-18(2)14-21(13-17)30-15-19(3)16-31-22-23(27-25(30)31)28(4)26(33)29(24(22)32)11-10-20-8-6-5-7-9-20/h5-9,12-14,19,22H,10-11,15-16H2,1-4H3/q+1. The van der Waals surface area contributed by atoms with Gasteiger partial charge in [0.15, 0.2) is 0 Å². The number of carbonyl (C=O) groups excluding carboxylic acids is 2. The van der Waals surface area contributed by atoms with Crippen LogP contribution >= 0.6 is 0 Å². The molecule has 0 spiro atoms. The van der Waals surface area contributed by atoms with Gasteiger partial charge in [-0.1, -0.05) is 48.3 Å². The first kappa shape index (κ1) is 21.4. The highest BCUT2D eigenvalue weighted by Gasteiger charge is 2.55. The molecule has 3 aliphatic heterocycles. The van der Waals surface area contributed by atoms with Crippen molar-refractivity contribution in [3.63, 3.8) is 0 Å². The molecular weight excluding hydrogens is 414 g/mol. The lowest BCUT2D eigenvalue weighted by Crippen LogP contribution is -2.64. The Balaban J connectivity index is 1.49. The summed E-state index contributed by atoms with van der Waals surface area (Å²) in [6.07, 6.45) is 0.632. The first-order valence-corrected chi connectivity index (χ1v) is 11.5. The first-order valence-electron chi connectivity index (χ1n) is 11.5. The highest BCUT2D eigenvalue weighted by molar-refractivity contribution is 6.24. The highest BCUT2D eigenvalue weighted by atomic mass is 16.2. The smallest absolute Gasteiger partial charge is 0.270 e. The largest absolute Gasteiger partial charge is 0.397 e. The van der Waals surface area contributed by atoms with Gasteiger partial charge in [-0.3, -0.25) is 14.6 Å². The Hall–Kier alpha value is -3.48. The Morgan fingerprint density at radius 1 is 1.06 bits per heavy atom. The molecule has 2 atom stereocenters. The van der Waals surface area contributed by atoms with Crippen molar-refractivity contribution >= 4 is 29.4 Å². The summed E-state index contributed by atoms with van der Waals surface area (Å²) in [6.45, 7) is 8.28. The molecule has 2 aromatic carbocycles. The van der Waals surface area contributed by atoms with Crippen molar-refractivity contribution in [2.24, 2.45) is 10.9 Å². The topological polar surface area (TPSA) is 59.2 Å². The lowest BCUT2D eigenvalue weighted by molar-refractivity contribution is -0.545. The molecule has 3 amide bonds. The predicted octanol–water partition coefficient (Wildman–Crippen LogP) is 3.05. The Bertz CT molecular complexity index is 1170. The van der Waals surface area contributed by atoms with Gasteiger partial charge < -0.3 is 0 Å². The molecule has 0 aliphatic carbocycles. The van der Waals surface area contributed by atoms with E-state index in [1.807, 2.05) is 30.3 Å². The van der Waals surface area contributed by atoms with E-state index in [0.29, 0.717) is 24.7 Å². The number of rotatable bonds is 4. The van der Waals surface area contributed by atoms with Crippen LogP contribution in [0, 0.1) is 19.8 Å². The third-order valence-corrected chi connectivity index (χ3v) is 6.62. The van der Waals surface area contributed by atoms with Gasteiger partial charge in [-0.15, -0.1) is 0 Å². The Morgan fingerprint density at radius 3 is 2.45 bits per heavy atom. The number of urea groups is 1. The maximum atomic E-state index is 13.6. The van der Waals surface area contributed by atoms with E-state index in [0.717, 1.165) is 30.3 Å². The second-order valence-electron chi connectivity index (χ2n) is 9.45. The molecule has 7 heteroatoms.